The Morgan fingerprint density at radius 1 is 1.19 bits per heavy atom. The second-order valence-electron chi connectivity index (χ2n) is 7.37. The van der Waals surface area contributed by atoms with E-state index in [1.807, 2.05) is 0 Å². The second kappa shape index (κ2) is 6.40. The molecule has 1 saturated carbocycles. The number of fused-ring (bicyclic) bond motifs is 1. The van der Waals surface area contributed by atoms with Gasteiger partial charge < -0.3 is 19.7 Å². The molecule has 2 heterocycles. The van der Waals surface area contributed by atoms with Crippen molar-refractivity contribution in [2.24, 2.45) is 5.41 Å². The Morgan fingerprint density at radius 2 is 1.89 bits per heavy atom. The number of rotatable bonds is 4. The molecule has 2 aliphatic heterocycles. The lowest BCUT2D eigenvalue weighted by Gasteiger charge is -2.27. The average Bonchev–Trinajstić information content (AvgIpc) is 3.38. The normalized spacial score (nSPS) is 24.1. The van der Waals surface area contributed by atoms with E-state index in [4.69, 9.17) is 9.47 Å². The van der Waals surface area contributed by atoms with Crippen molar-refractivity contribution in [2.75, 3.05) is 37.1 Å². The first-order valence-electron chi connectivity index (χ1n) is 9.00. The summed E-state index contributed by atoms with van der Waals surface area (Å²) in [7, 11) is -1.51. The Bertz CT molecular complexity index is 893. The van der Waals surface area contributed by atoms with Gasteiger partial charge >= 0.3 is 0 Å². The van der Waals surface area contributed by atoms with Crippen LogP contribution in [0.15, 0.2) is 18.2 Å². The molecule has 1 aromatic carbocycles. The number of amides is 2. The summed E-state index contributed by atoms with van der Waals surface area (Å²) < 4.78 is 34.3. The number of carbonyl (C=O) groups excluding carboxylic acids is 2. The first-order valence-corrected chi connectivity index (χ1v) is 10.8. The van der Waals surface area contributed by atoms with Gasteiger partial charge in [-0.25, -0.2) is 8.42 Å². The summed E-state index contributed by atoms with van der Waals surface area (Å²) >= 11 is 0. The van der Waals surface area contributed by atoms with Crippen LogP contribution in [0.3, 0.4) is 0 Å². The van der Waals surface area contributed by atoms with E-state index in [2.05, 4.69) is 5.32 Å². The van der Waals surface area contributed by atoms with E-state index in [1.54, 1.807) is 25.2 Å². The van der Waals surface area contributed by atoms with Gasteiger partial charge in [0.2, 0.25) is 11.8 Å². The molecule has 1 N–H and O–H groups in total. The fourth-order valence-corrected chi connectivity index (χ4v) is 5.39. The van der Waals surface area contributed by atoms with Gasteiger partial charge in [-0.15, -0.1) is 0 Å². The fraction of sp³-hybridized carbons (Fsp3) is 0.556. The van der Waals surface area contributed by atoms with Crippen LogP contribution in [0.25, 0.3) is 0 Å². The van der Waals surface area contributed by atoms with Gasteiger partial charge in [0.15, 0.2) is 21.3 Å². The predicted octanol–water partition coefficient (Wildman–Crippen LogP) is 0.822. The first kappa shape index (κ1) is 18.1. The Hall–Kier alpha value is -2.29. The van der Waals surface area contributed by atoms with E-state index < -0.39 is 15.3 Å². The SMILES string of the molecule is CN(C(=O)C1(C(=O)Nc2ccc3c(c2)OCCO3)CC1)C1CCS(=O)(=O)C1. The number of sulfone groups is 1. The number of hydrogen-bond acceptors (Lipinski definition) is 6. The zero-order chi connectivity index (χ0) is 19.2. The molecule has 1 aromatic rings. The van der Waals surface area contributed by atoms with E-state index in [-0.39, 0.29) is 29.4 Å². The molecule has 0 bridgehead atoms. The van der Waals surface area contributed by atoms with Crippen molar-refractivity contribution in [3.63, 3.8) is 0 Å². The molecule has 1 atom stereocenters. The highest BCUT2D eigenvalue weighted by molar-refractivity contribution is 7.91. The number of anilines is 1. The number of benzene rings is 1. The van der Waals surface area contributed by atoms with Gasteiger partial charge in [0.25, 0.3) is 0 Å². The minimum absolute atomic E-state index is 0.0326. The fourth-order valence-electron chi connectivity index (χ4n) is 3.62. The molecule has 9 heteroatoms. The quantitative estimate of drug-likeness (QED) is 0.759. The van der Waals surface area contributed by atoms with Crippen LogP contribution in [0.4, 0.5) is 5.69 Å². The number of carbonyl (C=O) groups is 2. The van der Waals surface area contributed by atoms with Gasteiger partial charge in [-0.3, -0.25) is 9.59 Å². The van der Waals surface area contributed by atoms with Crippen molar-refractivity contribution in [2.45, 2.75) is 25.3 Å². The third-order valence-corrected chi connectivity index (χ3v) is 7.22. The molecule has 0 radical (unpaired) electrons. The number of ether oxygens (including phenoxy) is 2. The van der Waals surface area contributed by atoms with Gasteiger partial charge in [-0.05, 0) is 31.4 Å². The Morgan fingerprint density at radius 3 is 2.52 bits per heavy atom. The minimum Gasteiger partial charge on any atom is -0.486 e. The van der Waals surface area contributed by atoms with Crippen LogP contribution in [0.2, 0.25) is 0 Å². The molecular formula is C18H22N2O6S. The summed E-state index contributed by atoms with van der Waals surface area (Å²) in [5, 5.41) is 2.80. The highest BCUT2D eigenvalue weighted by Gasteiger charge is 2.58. The third kappa shape index (κ3) is 3.36. The van der Waals surface area contributed by atoms with E-state index in [0.29, 0.717) is 49.7 Å². The molecule has 2 amide bonds. The van der Waals surface area contributed by atoms with Crippen molar-refractivity contribution in [3.8, 4) is 11.5 Å². The zero-order valence-corrected chi connectivity index (χ0v) is 15.9. The standard InChI is InChI=1S/C18H22N2O6S/c1-20(13-4-9-27(23,24)11-13)17(22)18(5-6-18)16(21)19-12-2-3-14-15(10-12)26-8-7-25-14/h2-3,10,13H,4-9,11H2,1H3,(H,19,21). The van der Waals surface area contributed by atoms with E-state index >= 15 is 0 Å². The Labute approximate surface area is 157 Å². The van der Waals surface area contributed by atoms with E-state index in [9.17, 15) is 18.0 Å². The molecule has 146 valence electrons. The van der Waals surface area contributed by atoms with Crippen molar-refractivity contribution >= 4 is 27.3 Å². The molecule has 3 aliphatic rings. The summed E-state index contributed by atoms with van der Waals surface area (Å²) in [5.41, 5.74) is -0.566. The van der Waals surface area contributed by atoms with Crippen LogP contribution in [-0.4, -0.2) is 62.9 Å². The number of hydrogen-bond donors (Lipinski definition) is 1. The van der Waals surface area contributed by atoms with Crippen molar-refractivity contribution in [1.29, 1.82) is 0 Å². The maximum absolute atomic E-state index is 12.9. The first-order chi connectivity index (χ1) is 12.8. The maximum atomic E-state index is 12.9. The zero-order valence-electron chi connectivity index (χ0n) is 15.1. The molecule has 0 aromatic heterocycles. The molecule has 1 unspecified atom stereocenters. The molecular weight excluding hydrogens is 372 g/mol. The molecule has 27 heavy (non-hydrogen) atoms. The molecule has 0 spiro atoms. The number of nitrogens with one attached hydrogen (secondary N) is 1. The maximum Gasteiger partial charge on any atom is 0.240 e. The second-order valence-corrected chi connectivity index (χ2v) is 9.60. The van der Waals surface area contributed by atoms with Gasteiger partial charge in [0, 0.05) is 24.8 Å². The monoisotopic (exact) mass is 394 g/mol. The Kier molecular flexibility index (Phi) is 4.29. The highest BCUT2D eigenvalue weighted by atomic mass is 32.2. The van der Waals surface area contributed by atoms with Crippen LogP contribution < -0.4 is 14.8 Å². The summed E-state index contributed by atoms with van der Waals surface area (Å²) in [4.78, 5) is 27.2. The Balaban J connectivity index is 1.46. The van der Waals surface area contributed by atoms with Gasteiger partial charge in [-0.1, -0.05) is 0 Å². The van der Waals surface area contributed by atoms with Crippen LogP contribution >= 0.6 is 0 Å². The summed E-state index contributed by atoms with van der Waals surface area (Å²) in [6.45, 7) is 0.932. The summed E-state index contributed by atoms with van der Waals surface area (Å²) in [5.74, 6) is 0.569. The van der Waals surface area contributed by atoms with Crippen molar-refractivity contribution in [1.82, 2.24) is 4.90 Å². The van der Waals surface area contributed by atoms with Crippen LogP contribution in [0.1, 0.15) is 19.3 Å². The lowest BCUT2D eigenvalue weighted by atomic mass is 10.0. The lowest BCUT2D eigenvalue weighted by Crippen LogP contribution is -2.46. The van der Waals surface area contributed by atoms with Crippen LogP contribution in [0, 0.1) is 5.41 Å². The molecule has 1 aliphatic carbocycles. The van der Waals surface area contributed by atoms with Gasteiger partial charge in [0.1, 0.15) is 18.6 Å². The lowest BCUT2D eigenvalue weighted by molar-refractivity contribution is -0.142. The number of nitrogens with zero attached hydrogens (tertiary/aromatic N) is 1. The molecule has 4 rings (SSSR count). The molecule has 2 fully saturated rings. The van der Waals surface area contributed by atoms with E-state index in [1.165, 1.54) is 4.90 Å². The topological polar surface area (TPSA) is 102 Å². The molecule has 1 saturated heterocycles. The minimum atomic E-state index is -3.10. The van der Waals surface area contributed by atoms with Crippen molar-refractivity contribution < 1.29 is 27.5 Å². The smallest absolute Gasteiger partial charge is 0.240 e. The average molecular weight is 394 g/mol. The van der Waals surface area contributed by atoms with Crippen LogP contribution in [-0.2, 0) is 19.4 Å². The van der Waals surface area contributed by atoms with Gasteiger partial charge in [0.05, 0.1) is 11.5 Å². The van der Waals surface area contributed by atoms with Crippen LogP contribution in [0.5, 0.6) is 11.5 Å². The predicted molar refractivity (Wildman–Crippen MR) is 97.6 cm³/mol. The summed E-state index contributed by atoms with van der Waals surface area (Å²) in [6, 6.07) is 4.75. The largest absolute Gasteiger partial charge is 0.486 e. The van der Waals surface area contributed by atoms with Crippen molar-refractivity contribution in [3.05, 3.63) is 18.2 Å². The van der Waals surface area contributed by atoms with Gasteiger partial charge in [-0.2, -0.15) is 0 Å². The molecule has 8 nitrogen and oxygen atoms in total. The van der Waals surface area contributed by atoms with E-state index in [0.717, 1.165) is 0 Å². The highest BCUT2D eigenvalue weighted by Crippen LogP contribution is 2.48. The summed E-state index contributed by atoms with van der Waals surface area (Å²) in [6.07, 6.45) is 1.35. The third-order valence-electron chi connectivity index (χ3n) is 5.47.